The summed E-state index contributed by atoms with van der Waals surface area (Å²) in [5, 5.41) is 3.42. The molecule has 0 saturated carbocycles. The first-order chi connectivity index (χ1) is 13.0. The lowest BCUT2D eigenvalue weighted by Gasteiger charge is -2.47. The van der Waals surface area contributed by atoms with Crippen LogP contribution in [0.25, 0.3) is 0 Å². The van der Waals surface area contributed by atoms with E-state index in [-0.39, 0.29) is 28.5 Å². The zero-order chi connectivity index (χ0) is 19.0. The number of piperidine rings is 1. The normalized spacial score (nSPS) is 26.7. The summed E-state index contributed by atoms with van der Waals surface area (Å²) >= 11 is 5.81. The molecule has 2 fully saturated rings. The van der Waals surface area contributed by atoms with Crippen LogP contribution in [0.5, 0.6) is 0 Å². The second-order valence-corrected chi connectivity index (χ2v) is 7.98. The number of furan rings is 1. The molecule has 1 spiro atoms. The van der Waals surface area contributed by atoms with Gasteiger partial charge in [0.1, 0.15) is 5.76 Å². The van der Waals surface area contributed by atoms with E-state index in [1.807, 2.05) is 6.92 Å². The Morgan fingerprint density at radius 3 is 2.96 bits per heavy atom. The molecule has 0 radical (unpaired) electrons. The minimum absolute atomic E-state index is 0.0677. The number of amides is 1. The SMILES string of the molecule is Cc1ncc(CN2CCCC3(C2)C(NC(=O)c2ccc(Cl)o2)CCN3C)o1. The molecular weight excluding hydrogens is 368 g/mol. The van der Waals surface area contributed by atoms with E-state index >= 15 is 0 Å². The maximum absolute atomic E-state index is 12.6. The zero-order valence-corrected chi connectivity index (χ0v) is 16.5. The van der Waals surface area contributed by atoms with E-state index in [1.165, 1.54) is 0 Å². The Hall–Kier alpha value is -1.83. The molecule has 2 aromatic heterocycles. The van der Waals surface area contributed by atoms with Crippen molar-refractivity contribution in [2.45, 2.75) is 44.3 Å². The monoisotopic (exact) mass is 392 g/mol. The first kappa shape index (κ1) is 18.5. The summed E-state index contributed by atoms with van der Waals surface area (Å²) in [6.07, 6.45) is 4.86. The number of hydrogen-bond donors (Lipinski definition) is 1. The molecular formula is C19H25ClN4O3. The minimum atomic E-state index is -0.204. The van der Waals surface area contributed by atoms with Gasteiger partial charge in [-0.1, -0.05) is 0 Å². The average molecular weight is 393 g/mol. The number of halogens is 1. The molecule has 27 heavy (non-hydrogen) atoms. The molecule has 4 rings (SSSR count). The van der Waals surface area contributed by atoms with Crippen LogP contribution >= 0.6 is 11.6 Å². The fraction of sp³-hybridized carbons (Fsp3) is 0.579. The van der Waals surface area contributed by atoms with E-state index in [0.29, 0.717) is 5.89 Å². The minimum Gasteiger partial charge on any atom is -0.445 e. The summed E-state index contributed by atoms with van der Waals surface area (Å²) in [4.78, 5) is 21.6. The number of aryl methyl sites for hydroxylation is 1. The van der Waals surface area contributed by atoms with Gasteiger partial charge in [-0.2, -0.15) is 0 Å². The molecule has 7 nitrogen and oxygen atoms in total. The van der Waals surface area contributed by atoms with Crippen LogP contribution in [0, 0.1) is 6.92 Å². The highest BCUT2D eigenvalue weighted by atomic mass is 35.5. The van der Waals surface area contributed by atoms with Crippen molar-refractivity contribution in [3.05, 3.63) is 41.0 Å². The Bertz CT molecular complexity index is 819. The molecule has 2 unspecified atom stereocenters. The van der Waals surface area contributed by atoms with Crippen molar-refractivity contribution in [3.63, 3.8) is 0 Å². The third-order valence-electron chi connectivity index (χ3n) is 5.89. The Morgan fingerprint density at radius 1 is 1.41 bits per heavy atom. The maximum atomic E-state index is 12.6. The van der Waals surface area contributed by atoms with Crippen LogP contribution in [-0.2, 0) is 6.54 Å². The maximum Gasteiger partial charge on any atom is 0.287 e. The number of carbonyl (C=O) groups excluding carboxylic acids is 1. The first-order valence-electron chi connectivity index (χ1n) is 9.37. The van der Waals surface area contributed by atoms with Gasteiger partial charge in [-0.3, -0.25) is 14.6 Å². The molecule has 2 atom stereocenters. The van der Waals surface area contributed by atoms with E-state index in [4.69, 9.17) is 20.4 Å². The van der Waals surface area contributed by atoms with Crippen molar-refractivity contribution in [1.29, 1.82) is 0 Å². The van der Waals surface area contributed by atoms with Crippen molar-refractivity contribution in [3.8, 4) is 0 Å². The molecule has 2 aromatic rings. The van der Waals surface area contributed by atoms with Gasteiger partial charge in [-0.25, -0.2) is 4.98 Å². The Labute approximate surface area is 163 Å². The molecule has 0 aliphatic carbocycles. The number of nitrogens with zero attached hydrogens (tertiary/aromatic N) is 3. The van der Waals surface area contributed by atoms with Gasteiger partial charge < -0.3 is 14.2 Å². The number of aromatic nitrogens is 1. The van der Waals surface area contributed by atoms with Gasteiger partial charge in [0, 0.05) is 20.0 Å². The lowest BCUT2D eigenvalue weighted by molar-refractivity contribution is 0.0322. The largest absolute Gasteiger partial charge is 0.445 e. The number of likely N-dealkylation sites (tertiary alicyclic amines) is 2. The van der Waals surface area contributed by atoms with E-state index in [0.717, 1.165) is 51.2 Å². The van der Waals surface area contributed by atoms with Crippen molar-refractivity contribution in [2.75, 3.05) is 26.7 Å². The van der Waals surface area contributed by atoms with Gasteiger partial charge in [0.2, 0.25) is 0 Å². The van der Waals surface area contributed by atoms with Crippen molar-refractivity contribution < 1.29 is 13.6 Å². The van der Waals surface area contributed by atoms with E-state index in [2.05, 4.69) is 27.1 Å². The summed E-state index contributed by atoms with van der Waals surface area (Å²) in [5.41, 5.74) is -0.0840. The van der Waals surface area contributed by atoms with Crippen LogP contribution in [0.2, 0.25) is 5.22 Å². The Kier molecular flexibility index (Phi) is 5.01. The van der Waals surface area contributed by atoms with Gasteiger partial charge in [0.15, 0.2) is 16.9 Å². The fourth-order valence-corrected chi connectivity index (χ4v) is 4.68. The lowest BCUT2D eigenvalue weighted by atomic mass is 9.82. The molecule has 0 bridgehead atoms. The van der Waals surface area contributed by atoms with E-state index in [1.54, 1.807) is 18.3 Å². The molecule has 8 heteroatoms. The summed E-state index contributed by atoms with van der Waals surface area (Å²) in [6, 6.07) is 3.27. The van der Waals surface area contributed by atoms with Crippen LogP contribution < -0.4 is 5.32 Å². The molecule has 2 aliphatic heterocycles. The second kappa shape index (κ2) is 7.30. The Balaban J connectivity index is 1.48. The van der Waals surface area contributed by atoms with Crippen LogP contribution in [0.15, 0.2) is 27.2 Å². The highest BCUT2D eigenvalue weighted by Gasteiger charge is 2.50. The molecule has 0 aromatic carbocycles. The number of hydrogen-bond acceptors (Lipinski definition) is 6. The highest BCUT2D eigenvalue weighted by Crippen LogP contribution is 2.37. The number of oxazole rings is 1. The van der Waals surface area contributed by atoms with E-state index in [9.17, 15) is 4.79 Å². The van der Waals surface area contributed by atoms with Gasteiger partial charge in [0.05, 0.1) is 24.3 Å². The zero-order valence-electron chi connectivity index (χ0n) is 15.7. The second-order valence-electron chi connectivity index (χ2n) is 7.60. The summed E-state index contributed by atoms with van der Waals surface area (Å²) < 4.78 is 10.9. The summed E-state index contributed by atoms with van der Waals surface area (Å²) in [7, 11) is 2.15. The third-order valence-corrected chi connectivity index (χ3v) is 6.10. The highest BCUT2D eigenvalue weighted by molar-refractivity contribution is 6.29. The van der Waals surface area contributed by atoms with Crippen molar-refractivity contribution in [1.82, 2.24) is 20.1 Å². The molecule has 4 heterocycles. The number of likely N-dealkylation sites (N-methyl/N-ethyl adjacent to an activating group) is 1. The predicted molar refractivity (Wildman–Crippen MR) is 101 cm³/mol. The van der Waals surface area contributed by atoms with Crippen molar-refractivity contribution >= 4 is 17.5 Å². The van der Waals surface area contributed by atoms with Crippen LogP contribution in [0.4, 0.5) is 0 Å². The fourth-order valence-electron chi connectivity index (χ4n) is 4.54. The standard InChI is InChI=1S/C19H25ClN4O3/c1-13-21-10-14(26-13)11-24-8-3-7-19(12-24)16(6-9-23(19)2)22-18(25)15-4-5-17(20)27-15/h4-5,10,16H,3,6-9,11-12H2,1-2H3,(H,22,25). The summed E-state index contributed by atoms with van der Waals surface area (Å²) in [6.45, 7) is 5.46. The molecule has 1 amide bonds. The molecule has 1 N–H and O–H groups in total. The average Bonchev–Trinajstić information content (AvgIpc) is 3.32. The molecule has 2 aliphatic rings. The van der Waals surface area contributed by atoms with Gasteiger partial charge in [-0.15, -0.1) is 0 Å². The van der Waals surface area contributed by atoms with Gasteiger partial charge >= 0.3 is 0 Å². The smallest absolute Gasteiger partial charge is 0.287 e. The van der Waals surface area contributed by atoms with Gasteiger partial charge in [-0.05, 0) is 56.6 Å². The van der Waals surface area contributed by atoms with Crippen molar-refractivity contribution in [2.24, 2.45) is 0 Å². The van der Waals surface area contributed by atoms with Gasteiger partial charge in [0.25, 0.3) is 5.91 Å². The Morgan fingerprint density at radius 2 is 2.26 bits per heavy atom. The van der Waals surface area contributed by atoms with Crippen LogP contribution in [-0.4, -0.2) is 59.0 Å². The molecule has 146 valence electrons. The quantitative estimate of drug-likeness (QED) is 0.862. The topological polar surface area (TPSA) is 74.8 Å². The predicted octanol–water partition coefficient (Wildman–Crippen LogP) is 2.70. The van der Waals surface area contributed by atoms with Crippen LogP contribution in [0.1, 0.15) is 41.5 Å². The van der Waals surface area contributed by atoms with Crippen LogP contribution in [0.3, 0.4) is 0 Å². The third kappa shape index (κ3) is 3.63. The lowest BCUT2D eigenvalue weighted by Crippen LogP contribution is -2.63. The first-order valence-corrected chi connectivity index (χ1v) is 9.75. The number of rotatable bonds is 4. The number of nitrogens with one attached hydrogen (secondary N) is 1. The van der Waals surface area contributed by atoms with E-state index < -0.39 is 0 Å². The number of carbonyl (C=O) groups is 1. The molecule has 2 saturated heterocycles. The summed E-state index contributed by atoms with van der Waals surface area (Å²) in [5.74, 6) is 1.63.